The minimum absolute atomic E-state index is 0.0146. The van der Waals surface area contributed by atoms with Gasteiger partial charge >= 0.3 is 0 Å². The van der Waals surface area contributed by atoms with E-state index in [2.05, 4.69) is 10.6 Å². The normalized spacial score (nSPS) is 10.8. The van der Waals surface area contributed by atoms with Crippen molar-refractivity contribution in [1.29, 1.82) is 5.41 Å². The number of carbonyl (C=O) groups excluding carboxylic acids is 2. The first kappa shape index (κ1) is 31.9. The zero-order valence-electron chi connectivity index (χ0n) is 24.9. The molecule has 0 spiro atoms. The van der Waals surface area contributed by atoms with Crippen LogP contribution >= 0.6 is 11.6 Å². The van der Waals surface area contributed by atoms with Crippen molar-refractivity contribution in [2.75, 3.05) is 18.1 Å². The monoisotopic (exact) mass is 612 g/mol. The largest absolute Gasteiger partial charge is 0.505 e. The molecule has 0 fully saturated rings. The SMILES string of the molecule is CC(C)Nc1cc(Cl)c(-c2cc(N)cc(C(=O)N(C)Cc3ccccc3)c2)c(CC(=O)NCc2ccc(C(=N)N)cc2)c1O. The van der Waals surface area contributed by atoms with Gasteiger partial charge in [-0.3, -0.25) is 15.0 Å². The summed E-state index contributed by atoms with van der Waals surface area (Å²) in [5.74, 6) is -0.742. The van der Waals surface area contributed by atoms with Crippen molar-refractivity contribution < 1.29 is 14.7 Å². The third kappa shape index (κ3) is 7.87. The minimum Gasteiger partial charge on any atom is -0.505 e. The van der Waals surface area contributed by atoms with Gasteiger partial charge < -0.3 is 32.1 Å². The molecule has 0 aliphatic carbocycles. The fraction of sp³-hybridized carbons (Fsp3) is 0.206. The van der Waals surface area contributed by atoms with Crippen molar-refractivity contribution in [3.05, 3.63) is 112 Å². The lowest BCUT2D eigenvalue weighted by Crippen LogP contribution is -2.26. The molecule has 0 atom stereocenters. The maximum absolute atomic E-state index is 13.4. The van der Waals surface area contributed by atoms with Crippen LogP contribution in [0.3, 0.4) is 0 Å². The van der Waals surface area contributed by atoms with Crippen molar-refractivity contribution >= 4 is 40.6 Å². The molecule has 0 aliphatic heterocycles. The van der Waals surface area contributed by atoms with E-state index in [1.165, 1.54) is 0 Å². The molecule has 228 valence electrons. The summed E-state index contributed by atoms with van der Waals surface area (Å²) in [4.78, 5) is 28.3. The van der Waals surface area contributed by atoms with Crippen LogP contribution in [0.1, 0.15) is 46.5 Å². The van der Waals surface area contributed by atoms with Crippen molar-refractivity contribution in [1.82, 2.24) is 10.2 Å². The molecule has 0 bridgehead atoms. The Morgan fingerprint density at radius 1 is 0.977 bits per heavy atom. The molecule has 4 aromatic carbocycles. The molecule has 9 nitrogen and oxygen atoms in total. The molecule has 10 heteroatoms. The van der Waals surface area contributed by atoms with Crippen LogP contribution in [0.4, 0.5) is 11.4 Å². The van der Waals surface area contributed by atoms with Gasteiger partial charge in [-0.25, -0.2) is 0 Å². The zero-order valence-corrected chi connectivity index (χ0v) is 25.7. The van der Waals surface area contributed by atoms with E-state index < -0.39 is 0 Å². The van der Waals surface area contributed by atoms with Crippen molar-refractivity contribution in [2.24, 2.45) is 5.73 Å². The van der Waals surface area contributed by atoms with E-state index in [0.717, 1.165) is 11.1 Å². The highest BCUT2D eigenvalue weighted by Crippen LogP contribution is 2.43. The van der Waals surface area contributed by atoms with Gasteiger partial charge in [0.05, 0.1) is 17.1 Å². The fourth-order valence-electron chi connectivity index (χ4n) is 4.89. The molecule has 0 radical (unpaired) electrons. The Balaban J connectivity index is 1.67. The number of hydrogen-bond acceptors (Lipinski definition) is 6. The summed E-state index contributed by atoms with van der Waals surface area (Å²) >= 11 is 6.83. The second kappa shape index (κ2) is 14.0. The Kier molecular flexibility index (Phi) is 10.1. The number of nitrogens with two attached hydrogens (primary N) is 2. The predicted octanol–water partition coefficient (Wildman–Crippen LogP) is 5.53. The molecule has 0 saturated heterocycles. The van der Waals surface area contributed by atoms with Gasteiger partial charge in [0.25, 0.3) is 5.91 Å². The summed E-state index contributed by atoms with van der Waals surface area (Å²) in [5, 5.41) is 25.3. The van der Waals surface area contributed by atoms with E-state index in [1.807, 2.05) is 44.2 Å². The number of phenolic OH excluding ortho intramolecular Hbond substituents is 1. The summed E-state index contributed by atoms with van der Waals surface area (Å²) in [5.41, 5.74) is 16.5. The van der Waals surface area contributed by atoms with Crippen LogP contribution in [0.5, 0.6) is 5.75 Å². The number of rotatable bonds is 11. The molecule has 4 aromatic rings. The number of halogens is 1. The lowest BCUT2D eigenvalue weighted by Gasteiger charge is -2.21. The van der Waals surface area contributed by atoms with E-state index in [0.29, 0.717) is 45.7 Å². The molecule has 44 heavy (non-hydrogen) atoms. The zero-order chi connectivity index (χ0) is 32.0. The average molecular weight is 613 g/mol. The number of nitrogens with one attached hydrogen (secondary N) is 3. The van der Waals surface area contributed by atoms with Gasteiger partial charge in [-0.15, -0.1) is 0 Å². The van der Waals surface area contributed by atoms with E-state index >= 15 is 0 Å². The highest BCUT2D eigenvalue weighted by atomic mass is 35.5. The van der Waals surface area contributed by atoms with Crippen LogP contribution in [0.25, 0.3) is 11.1 Å². The smallest absolute Gasteiger partial charge is 0.253 e. The molecule has 0 aliphatic rings. The van der Waals surface area contributed by atoms with Gasteiger partial charge in [0.15, 0.2) is 0 Å². The lowest BCUT2D eigenvalue weighted by molar-refractivity contribution is -0.120. The van der Waals surface area contributed by atoms with Crippen LogP contribution in [0, 0.1) is 5.41 Å². The average Bonchev–Trinajstić information content (AvgIpc) is 2.98. The maximum atomic E-state index is 13.4. The molecule has 0 heterocycles. The summed E-state index contributed by atoms with van der Waals surface area (Å²) < 4.78 is 0. The number of carbonyl (C=O) groups is 2. The number of amides is 2. The van der Waals surface area contributed by atoms with Gasteiger partial charge in [-0.2, -0.15) is 0 Å². The van der Waals surface area contributed by atoms with Crippen molar-refractivity contribution in [3.8, 4) is 16.9 Å². The first-order valence-corrected chi connectivity index (χ1v) is 14.5. The molecule has 0 aromatic heterocycles. The number of anilines is 2. The van der Waals surface area contributed by atoms with E-state index in [1.54, 1.807) is 60.5 Å². The van der Waals surface area contributed by atoms with Gasteiger partial charge in [0.2, 0.25) is 5.91 Å². The number of amidine groups is 1. The van der Waals surface area contributed by atoms with E-state index in [4.69, 9.17) is 28.5 Å². The molecule has 4 rings (SSSR count). The van der Waals surface area contributed by atoms with Crippen molar-refractivity contribution in [3.63, 3.8) is 0 Å². The summed E-state index contributed by atoms with van der Waals surface area (Å²) in [7, 11) is 1.72. The molecule has 2 amide bonds. The number of nitrogens with zero attached hydrogens (tertiary/aromatic N) is 1. The topological polar surface area (TPSA) is 158 Å². The Labute approximate surface area is 262 Å². The fourth-order valence-corrected chi connectivity index (χ4v) is 5.22. The summed E-state index contributed by atoms with van der Waals surface area (Å²) in [6, 6.07) is 23.2. The van der Waals surface area contributed by atoms with E-state index in [-0.39, 0.29) is 47.4 Å². The Morgan fingerprint density at radius 3 is 2.30 bits per heavy atom. The van der Waals surface area contributed by atoms with E-state index in [9.17, 15) is 14.7 Å². The minimum atomic E-state index is -0.349. The molecule has 0 unspecified atom stereocenters. The predicted molar refractivity (Wildman–Crippen MR) is 177 cm³/mol. The highest BCUT2D eigenvalue weighted by molar-refractivity contribution is 6.34. The first-order chi connectivity index (χ1) is 20.9. The quantitative estimate of drug-likeness (QED) is 0.0566. The van der Waals surface area contributed by atoms with Crippen molar-refractivity contribution in [2.45, 2.75) is 39.4 Å². The Morgan fingerprint density at radius 2 is 1.66 bits per heavy atom. The van der Waals surface area contributed by atoms with Crippen LogP contribution < -0.4 is 22.1 Å². The first-order valence-electron chi connectivity index (χ1n) is 14.1. The second-order valence-corrected chi connectivity index (χ2v) is 11.4. The van der Waals surface area contributed by atoms with Gasteiger partial charge in [0.1, 0.15) is 11.6 Å². The van der Waals surface area contributed by atoms with Gasteiger partial charge in [-0.05, 0) is 54.8 Å². The van der Waals surface area contributed by atoms with Gasteiger partial charge in [-0.1, -0.05) is 66.2 Å². The third-order valence-electron chi connectivity index (χ3n) is 6.99. The van der Waals surface area contributed by atoms with Crippen LogP contribution in [-0.4, -0.2) is 40.7 Å². The Bertz CT molecular complexity index is 1670. The maximum Gasteiger partial charge on any atom is 0.253 e. The summed E-state index contributed by atoms with van der Waals surface area (Å²) in [6.07, 6.45) is -0.188. The Hall–Kier alpha value is -5.02. The van der Waals surface area contributed by atoms with Crippen LogP contribution in [0.15, 0.2) is 78.9 Å². The van der Waals surface area contributed by atoms with Crippen LogP contribution in [0.2, 0.25) is 5.02 Å². The number of nitrogen functional groups attached to an aromatic ring is 2. The summed E-state index contributed by atoms with van der Waals surface area (Å²) in [6.45, 7) is 4.48. The number of hydrogen-bond donors (Lipinski definition) is 6. The lowest BCUT2D eigenvalue weighted by atomic mass is 9.93. The van der Waals surface area contributed by atoms with Gasteiger partial charge in [0, 0.05) is 54.1 Å². The molecule has 8 N–H and O–H groups in total. The highest BCUT2D eigenvalue weighted by Gasteiger charge is 2.23. The number of phenols is 1. The molecule has 0 saturated carbocycles. The molecular weight excluding hydrogens is 576 g/mol. The number of aromatic hydroxyl groups is 1. The third-order valence-corrected chi connectivity index (χ3v) is 7.29. The second-order valence-electron chi connectivity index (χ2n) is 11.0. The standard InChI is InChI=1S/C34H37ClN6O3/c1-20(2)40-29-17-28(35)31(27(32(29)43)16-30(42)39-18-21-9-11-23(12-10-21)33(37)38)24-13-25(15-26(36)14-24)34(44)41(3)19-22-7-5-4-6-8-22/h4-15,17,20,40,43H,16,18-19,36H2,1-3H3,(H3,37,38)(H,39,42). The van der Waals surface area contributed by atoms with Crippen LogP contribution in [-0.2, 0) is 24.3 Å². The molecular formula is C34H37ClN6O3. The number of benzene rings is 4.